The molecule has 0 bridgehead atoms. The fourth-order valence-electron chi connectivity index (χ4n) is 2.70. The minimum absolute atomic E-state index is 0.349. The summed E-state index contributed by atoms with van der Waals surface area (Å²) < 4.78 is 10.7. The minimum atomic E-state index is 0.349. The molecule has 1 atom stereocenters. The van der Waals surface area contributed by atoms with Gasteiger partial charge in [-0.25, -0.2) is 15.0 Å². The molecule has 3 rings (SSSR count). The number of aromatic nitrogens is 3. The van der Waals surface area contributed by atoms with Crippen LogP contribution >= 0.6 is 11.3 Å². The summed E-state index contributed by atoms with van der Waals surface area (Å²) in [7, 11) is 1.65. The first kappa shape index (κ1) is 17.1. The number of nitrogen functional groups attached to an aromatic ring is 1. The van der Waals surface area contributed by atoms with Crippen molar-refractivity contribution in [3.8, 4) is 0 Å². The SMILES string of the molecule is COCc1nc(NCCCc2csc(N)n2)cc(C2CCOC2)n1. The molecule has 1 unspecified atom stereocenters. The zero-order valence-corrected chi connectivity index (χ0v) is 14.6. The van der Waals surface area contributed by atoms with E-state index in [-0.39, 0.29) is 0 Å². The van der Waals surface area contributed by atoms with Crippen LogP contribution in [0.25, 0.3) is 0 Å². The number of nitrogens with one attached hydrogen (secondary N) is 1. The number of rotatable bonds is 8. The van der Waals surface area contributed by atoms with Gasteiger partial charge in [0.15, 0.2) is 11.0 Å². The lowest BCUT2D eigenvalue weighted by molar-refractivity contribution is 0.177. The molecule has 1 saturated heterocycles. The molecule has 3 N–H and O–H groups in total. The molecule has 1 fully saturated rings. The average Bonchev–Trinajstić information content (AvgIpc) is 3.23. The van der Waals surface area contributed by atoms with Gasteiger partial charge < -0.3 is 20.5 Å². The minimum Gasteiger partial charge on any atom is -0.381 e. The Bertz CT molecular complexity index is 658. The van der Waals surface area contributed by atoms with Gasteiger partial charge in [-0.2, -0.15) is 0 Å². The van der Waals surface area contributed by atoms with Crippen molar-refractivity contribution in [3.05, 3.63) is 28.7 Å². The van der Waals surface area contributed by atoms with Crippen molar-refractivity contribution >= 4 is 22.3 Å². The largest absolute Gasteiger partial charge is 0.381 e. The predicted octanol–water partition coefficient (Wildman–Crippen LogP) is 2.21. The van der Waals surface area contributed by atoms with E-state index in [9.17, 15) is 0 Å². The second-order valence-corrected chi connectivity index (χ2v) is 6.68. The Kier molecular flexibility index (Phi) is 5.95. The Morgan fingerprint density at radius 3 is 3.04 bits per heavy atom. The number of hydrogen-bond acceptors (Lipinski definition) is 8. The number of hydrogen-bond donors (Lipinski definition) is 2. The van der Waals surface area contributed by atoms with Crippen molar-refractivity contribution < 1.29 is 9.47 Å². The molecule has 0 saturated carbocycles. The second-order valence-electron chi connectivity index (χ2n) is 5.80. The molecule has 8 heteroatoms. The van der Waals surface area contributed by atoms with Gasteiger partial charge in [0, 0.05) is 37.6 Å². The van der Waals surface area contributed by atoms with Gasteiger partial charge in [0.05, 0.1) is 18.0 Å². The fourth-order valence-corrected chi connectivity index (χ4v) is 3.30. The normalized spacial score (nSPS) is 17.3. The van der Waals surface area contributed by atoms with Gasteiger partial charge in [0.1, 0.15) is 12.4 Å². The number of thiazole rings is 1. The molecule has 0 spiro atoms. The van der Waals surface area contributed by atoms with Crippen LogP contribution in [-0.4, -0.2) is 41.8 Å². The van der Waals surface area contributed by atoms with Crippen LogP contribution in [0, 0.1) is 0 Å². The summed E-state index contributed by atoms with van der Waals surface area (Å²) in [4.78, 5) is 13.4. The summed E-state index contributed by atoms with van der Waals surface area (Å²) in [5.74, 6) is 1.90. The fraction of sp³-hybridized carbons (Fsp3) is 0.562. The Morgan fingerprint density at radius 2 is 2.33 bits per heavy atom. The number of nitrogens with zero attached hydrogens (tertiary/aromatic N) is 3. The highest BCUT2D eigenvalue weighted by Crippen LogP contribution is 2.25. The summed E-state index contributed by atoms with van der Waals surface area (Å²) in [6.45, 7) is 2.76. The van der Waals surface area contributed by atoms with E-state index in [0.29, 0.717) is 23.5 Å². The molecule has 2 aromatic heterocycles. The zero-order valence-electron chi connectivity index (χ0n) is 13.8. The van der Waals surface area contributed by atoms with Crippen molar-refractivity contribution in [1.29, 1.82) is 0 Å². The van der Waals surface area contributed by atoms with Crippen LogP contribution in [0.4, 0.5) is 10.9 Å². The monoisotopic (exact) mass is 349 g/mol. The van der Waals surface area contributed by atoms with Gasteiger partial charge in [0.2, 0.25) is 0 Å². The summed E-state index contributed by atoms with van der Waals surface area (Å²) in [6.07, 6.45) is 2.88. The van der Waals surface area contributed by atoms with E-state index in [1.54, 1.807) is 7.11 Å². The summed E-state index contributed by atoms with van der Waals surface area (Å²) in [5, 5.41) is 6.02. The van der Waals surface area contributed by atoms with E-state index in [0.717, 1.165) is 56.2 Å². The molecule has 0 aromatic carbocycles. The summed E-state index contributed by atoms with van der Waals surface area (Å²) >= 11 is 1.48. The quantitative estimate of drug-likeness (QED) is 0.705. The van der Waals surface area contributed by atoms with Crippen molar-refractivity contribution in [2.45, 2.75) is 31.8 Å². The molecule has 7 nitrogen and oxygen atoms in total. The molecule has 1 aliphatic heterocycles. The van der Waals surface area contributed by atoms with E-state index in [1.165, 1.54) is 11.3 Å². The van der Waals surface area contributed by atoms with E-state index in [1.807, 2.05) is 11.4 Å². The number of methoxy groups -OCH3 is 1. The highest BCUT2D eigenvalue weighted by Gasteiger charge is 2.20. The molecule has 130 valence electrons. The first-order valence-corrected chi connectivity index (χ1v) is 9.01. The molecular formula is C16H23N5O2S. The van der Waals surface area contributed by atoms with E-state index in [4.69, 9.17) is 15.2 Å². The van der Waals surface area contributed by atoms with Gasteiger partial charge in [-0.3, -0.25) is 0 Å². The van der Waals surface area contributed by atoms with Crippen LogP contribution in [0.3, 0.4) is 0 Å². The van der Waals surface area contributed by atoms with Crippen LogP contribution in [0.1, 0.15) is 36.0 Å². The van der Waals surface area contributed by atoms with Gasteiger partial charge in [-0.05, 0) is 19.3 Å². The highest BCUT2D eigenvalue weighted by atomic mass is 32.1. The summed E-state index contributed by atoms with van der Waals surface area (Å²) in [5.41, 5.74) is 7.73. The van der Waals surface area contributed by atoms with Crippen molar-refractivity contribution in [2.75, 3.05) is 37.9 Å². The predicted molar refractivity (Wildman–Crippen MR) is 94.3 cm³/mol. The maximum atomic E-state index is 5.65. The first-order chi connectivity index (χ1) is 11.7. The molecular weight excluding hydrogens is 326 g/mol. The highest BCUT2D eigenvalue weighted by molar-refractivity contribution is 7.13. The maximum absolute atomic E-state index is 5.65. The lowest BCUT2D eigenvalue weighted by Crippen LogP contribution is -2.11. The molecule has 3 heterocycles. The third kappa shape index (κ3) is 4.62. The maximum Gasteiger partial charge on any atom is 0.180 e. The van der Waals surface area contributed by atoms with Gasteiger partial charge in [-0.1, -0.05) is 0 Å². The lowest BCUT2D eigenvalue weighted by Gasteiger charge is -2.12. The third-order valence-electron chi connectivity index (χ3n) is 3.90. The average molecular weight is 349 g/mol. The third-order valence-corrected chi connectivity index (χ3v) is 4.62. The first-order valence-electron chi connectivity index (χ1n) is 8.13. The van der Waals surface area contributed by atoms with Gasteiger partial charge >= 0.3 is 0 Å². The number of anilines is 2. The van der Waals surface area contributed by atoms with Crippen LogP contribution in [0.2, 0.25) is 0 Å². The van der Waals surface area contributed by atoms with Crippen molar-refractivity contribution in [1.82, 2.24) is 15.0 Å². The Balaban J connectivity index is 1.58. The molecule has 0 amide bonds. The van der Waals surface area contributed by atoms with E-state index in [2.05, 4.69) is 20.3 Å². The molecule has 24 heavy (non-hydrogen) atoms. The van der Waals surface area contributed by atoms with Crippen molar-refractivity contribution in [2.24, 2.45) is 0 Å². The number of nitrogens with two attached hydrogens (primary N) is 1. The van der Waals surface area contributed by atoms with Gasteiger partial charge in [0.25, 0.3) is 0 Å². The zero-order chi connectivity index (χ0) is 16.8. The molecule has 0 radical (unpaired) electrons. The summed E-state index contributed by atoms with van der Waals surface area (Å²) in [6, 6.07) is 2.03. The van der Waals surface area contributed by atoms with E-state index >= 15 is 0 Å². The lowest BCUT2D eigenvalue weighted by atomic mass is 10.0. The van der Waals surface area contributed by atoms with Crippen molar-refractivity contribution in [3.63, 3.8) is 0 Å². The van der Waals surface area contributed by atoms with Gasteiger partial charge in [-0.15, -0.1) is 11.3 Å². The Labute approximate surface area is 145 Å². The Hall–Kier alpha value is -1.77. The van der Waals surface area contributed by atoms with E-state index < -0.39 is 0 Å². The van der Waals surface area contributed by atoms with Crippen LogP contribution in [-0.2, 0) is 22.5 Å². The number of ether oxygens (including phenoxy) is 2. The molecule has 0 aliphatic carbocycles. The topological polar surface area (TPSA) is 95.2 Å². The number of aryl methyl sites for hydroxylation is 1. The Morgan fingerprint density at radius 1 is 1.42 bits per heavy atom. The molecule has 2 aromatic rings. The van der Waals surface area contributed by atoms with Crippen LogP contribution in [0.15, 0.2) is 11.4 Å². The smallest absolute Gasteiger partial charge is 0.180 e. The second kappa shape index (κ2) is 8.36. The van der Waals surface area contributed by atoms with Crippen LogP contribution in [0.5, 0.6) is 0 Å². The standard InChI is InChI=1S/C16H23N5O2S/c1-22-9-15-20-13(11-4-6-23-8-11)7-14(21-15)18-5-2-3-12-10-24-16(17)19-12/h7,10-11H,2-6,8-9H2,1H3,(H2,17,19)(H,18,20,21). The molecule has 1 aliphatic rings. The van der Waals surface area contributed by atoms with Crippen LogP contribution < -0.4 is 11.1 Å².